The van der Waals surface area contributed by atoms with Gasteiger partial charge in [0.25, 0.3) is 5.91 Å². The van der Waals surface area contributed by atoms with Gasteiger partial charge in [0.15, 0.2) is 0 Å². The number of rotatable bonds is 8. The summed E-state index contributed by atoms with van der Waals surface area (Å²) in [7, 11) is 1.79. The van der Waals surface area contributed by atoms with Crippen LogP contribution in [-0.4, -0.2) is 55.1 Å². The van der Waals surface area contributed by atoms with Crippen LogP contribution in [0.25, 0.3) is 0 Å². The first-order chi connectivity index (χ1) is 15.2. The van der Waals surface area contributed by atoms with Crippen LogP contribution in [-0.2, 0) is 19.4 Å². The standard InChI is InChI=1S/C25H31N5O/c1-27-17-23(16-26)28-22-8-7-20-10-14-30(25(31)24(20)15-22)12-4-11-29-13-9-19-5-2-3-6-21(19)18-29/h2-3,5-8,15-17,26-28H,4,9-14,18H2,1H3/b23-17+,26-16?. The molecule has 2 aromatic carbocycles. The number of benzene rings is 2. The quantitative estimate of drug-likeness (QED) is 0.577. The van der Waals surface area contributed by atoms with Crippen molar-refractivity contribution >= 4 is 17.8 Å². The Labute approximate surface area is 184 Å². The Morgan fingerprint density at radius 1 is 1.06 bits per heavy atom. The second-order valence-corrected chi connectivity index (χ2v) is 8.22. The Morgan fingerprint density at radius 3 is 2.68 bits per heavy atom. The fraction of sp³-hybridized carbons (Fsp3) is 0.360. The van der Waals surface area contributed by atoms with Crippen LogP contribution in [0.1, 0.15) is 33.5 Å². The summed E-state index contributed by atoms with van der Waals surface area (Å²) in [5.41, 5.74) is 6.26. The number of carbonyl (C=O) groups excluding carboxylic acids is 1. The molecule has 0 aromatic heterocycles. The molecule has 31 heavy (non-hydrogen) atoms. The zero-order chi connectivity index (χ0) is 21.6. The summed E-state index contributed by atoms with van der Waals surface area (Å²) in [6.07, 6.45) is 5.97. The van der Waals surface area contributed by atoms with E-state index in [1.54, 1.807) is 13.2 Å². The number of hydrogen-bond acceptors (Lipinski definition) is 5. The van der Waals surface area contributed by atoms with Crippen LogP contribution in [0, 0.1) is 5.41 Å². The van der Waals surface area contributed by atoms with Crippen molar-refractivity contribution in [2.75, 3.05) is 38.5 Å². The summed E-state index contributed by atoms with van der Waals surface area (Å²) in [6.45, 7) is 4.70. The van der Waals surface area contributed by atoms with Crippen LogP contribution >= 0.6 is 0 Å². The lowest BCUT2D eigenvalue weighted by Gasteiger charge is -2.31. The first-order valence-electron chi connectivity index (χ1n) is 11.0. The molecule has 0 atom stereocenters. The maximum Gasteiger partial charge on any atom is 0.254 e. The van der Waals surface area contributed by atoms with Gasteiger partial charge < -0.3 is 20.9 Å². The van der Waals surface area contributed by atoms with Gasteiger partial charge in [0.2, 0.25) is 0 Å². The number of amides is 1. The second-order valence-electron chi connectivity index (χ2n) is 8.22. The minimum atomic E-state index is 0.114. The molecule has 2 aliphatic heterocycles. The van der Waals surface area contributed by atoms with E-state index in [2.05, 4.69) is 39.8 Å². The number of nitrogens with one attached hydrogen (secondary N) is 3. The van der Waals surface area contributed by atoms with E-state index in [0.29, 0.717) is 5.70 Å². The summed E-state index contributed by atoms with van der Waals surface area (Å²) < 4.78 is 0. The molecule has 6 heteroatoms. The zero-order valence-corrected chi connectivity index (χ0v) is 18.2. The van der Waals surface area contributed by atoms with E-state index < -0.39 is 0 Å². The molecule has 4 rings (SSSR count). The smallest absolute Gasteiger partial charge is 0.254 e. The minimum Gasteiger partial charge on any atom is -0.392 e. The summed E-state index contributed by atoms with van der Waals surface area (Å²) in [4.78, 5) is 17.6. The van der Waals surface area contributed by atoms with Gasteiger partial charge in [-0.3, -0.25) is 9.69 Å². The maximum absolute atomic E-state index is 13.1. The third kappa shape index (κ3) is 4.97. The molecule has 0 bridgehead atoms. The molecule has 3 N–H and O–H groups in total. The number of nitrogens with zero attached hydrogens (tertiary/aromatic N) is 2. The lowest BCUT2D eigenvalue weighted by molar-refractivity contribution is 0.0730. The average Bonchev–Trinajstić information content (AvgIpc) is 2.80. The third-order valence-electron chi connectivity index (χ3n) is 6.13. The van der Waals surface area contributed by atoms with Crippen molar-refractivity contribution in [3.8, 4) is 0 Å². The molecule has 0 radical (unpaired) electrons. The average molecular weight is 418 g/mol. The van der Waals surface area contributed by atoms with Gasteiger partial charge in [0, 0.05) is 63.4 Å². The number of allylic oxidation sites excluding steroid dienone is 1. The number of carbonyl (C=O) groups is 1. The molecule has 0 unspecified atom stereocenters. The van der Waals surface area contributed by atoms with E-state index in [0.717, 1.165) is 68.8 Å². The monoisotopic (exact) mass is 417 g/mol. The molecule has 0 aliphatic carbocycles. The molecule has 0 fully saturated rings. The number of anilines is 1. The van der Waals surface area contributed by atoms with Gasteiger partial charge in [0.05, 0.1) is 5.70 Å². The van der Waals surface area contributed by atoms with E-state index in [1.807, 2.05) is 23.1 Å². The first kappa shape index (κ1) is 21.1. The normalized spacial score (nSPS) is 16.5. The van der Waals surface area contributed by atoms with Crippen molar-refractivity contribution in [1.29, 1.82) is 5.41 Å². The molecule has 0 saturated carbocycles. The lowest BCUT2D eigenvalue weighted by atomic mass is 9.98. The minimum absolute atomic E-state index is 0.114. The molecule has 162 valence electrons. The Hall–Kier alpha value is -3.12. The highest BCUT2D eigenvalue weighted by Gasteiger charge is 2.24. The van der Waals surface area contributed by atoms with E-state index >= 15 is 0 Å². The maximum atomic E-state index is 13.1. The van der Waals surface area contributed by atoms with E-state index in [-0.39, 0.29) is 5.91 Å². The van der Waals surface area contributed by atoms with Crippen molar-refractivity contribution in [2.24, 2.45) is 0 Å². The summed E-state index contributed by atoms with van der Waals surface area (Å²) >= 11 is 0. The third-order valence-corrected chi connectivity index (χ3v) is 6.13. The van der Waals surface area contributed by atoms with Gasteiger partial charge in [-0.2, -0.15) is 0 Å². The van der Waals surface area contributed by atoms with Gasteiger partial charge in [-0.1, -0.05) is 30.3 Å². The highest BCUT2D eigenvalue weighted by atomic mass is 16.2. The molecular formula is C25H31N5O. The van der Waals surface area contributed by atoms with E-state index in [9.17, 15) is 4.79 Å². The van der Waals surface area contributed by atoms with E-state index in [4.69, 9.17) is 5.41 Å². The predicted octanol–water partition coefficient (Wildman–Crippen LogP) is 3.26. The lowest BCUT2D eigenvalue weighted by Crippen LogP contribution is -2.40. The van der Waals surface area contributed by atoms with Crippen LogP contribution in [0.4, 0.5) is 5.69 Å². The number of hydrogen-bond donors (Lipinski definition) is 3. The molecule has 2 aromatic rings. The molecule has 2 heterocycles. The van der Waals surface area contributed by atoms with Crippen molar-refractivity contribution in [2.45, 2.75) is 25.8 Å². The van der Waals surface area contributed by atoms with Crippen LogP contribution in [0.3, 0.4) is 0 Å². The van der Waals surface area contributed by atoms with Crippen molar-refractivity contribution in [1.82, 2.24) is 15.1 Å². The largest absolute Gasteiger partial charge is 0.392 e. The zero-order valence-electron chi connectivity index (χ0n) is 18.2. The Bertz CT molecular complexity index is 984. The van der Waals surface area contributed by atoms with Crippen LogP contribution in [0.15, 0.2) is 54.4 Å². The van der Waals surface area contributed by atoms with Gasteiger partial charge in [-0.05, 0) is 48.1 Å². The topological polar surface area (TPSA) is 71.5 Å². The van der Waals surface area contributed by atoms with Gasteiger partial charge in [-0.15, -0.1) is 0 Å². The molecule has 1 amide bonds. The van der Waals surface area contributed by atoms with Crippen LogP contribution in [0.5, 0.6) is 0 Å². The fourth-order valence-electron chi connectivity index (χ4n) is 4.48. The number of fused-ring (bicyclic) bond motifs is 2. The van der Waals surface area contributed by atoms with E-state index in [1.165, 1.54) is 17.3 Å². The molecule has 2 aliphatic rings. The van der Waals surface area contributed by atoms with Crippen LogP contribution in [0.2, 0.25) is 0 Å². The van der Waals surface area contributed by atoms with Crippen molar-refractivity contribution in [3.63, 3.8) is 0 Å². The van der Waals surface area contributed by atoms with Crippen molar-refractivity contribution < 1.29 is 4.79 Å². The summed E-state index contributed by atoms with van der Waals surface area (Å²) in [5, 5.41) is 13.6. The highest BCUT2D eigenvalue weighted by Crippen LogP contribution is 2.24. The van der Waals surface area contributed by atoms with Gasteiger partial charge in [-0.25, -0.2) is 0 Å². The van der Waals surface area contributed by atoms with Gasteiger partial charge in [0.1, 0.15) is 0 Å². The predicted molar refractivity (Wildman–Crippen MR) is 126 cm³/mol. The molecular weight excluding hydrogens is 386 g/mol. The van der Waals surface area contributed by atoms with Gasteiger partial charge >= 0.3 is 0 Å². The Balaban J connectivity index is 1.34. The summed E-state index contributed by atoms with van der Waals surface area (Å²) in [6, 6.07) is 14.6. The van der Waals surface area contributed by atoms with Crippen LogP contribution < -0.4 is 10.6 Å². The molecule has 0 saturated heterocycles. The SMILES string of the molecule is CN/C=C(\C=N)Nc1ccc2c(c1)C(=O)N(CCCN1CCc3ccccc3C1)CC2. The second kappa shape index (κ2) is 9.79. The molecule has 0 spiro atoms. The Morgan fingerprint density at radius 2 is 1.87 bits per heavy atom. The first-order valence-corrected chi connectivity index (χ1v) is 11.0. The fourth-order valence-corrected chi connectivity index (χ4v) is 4.48. The summed E-state index contributed by atoms with van der Waals surface area (Å²) in [5.74, 6) is 0.114. The van der Waals surface area contributed by atoms with Crippen molar-refractivity contribution in [3.05, 3.63) is 76.6 Å². The Kier molecular flexibility index (Phi) is 6.67. The highest BCUT2D eigenvalue weighted by molar-refractivity contribution is 5.98. The molecule has 6 nitrogen and oxygen atoms in total.